The minimum absolute atomic E-state index is 0.393. The predicted molar refractivity (Wildman–Crippen MR) is 102 cm³/mol. The Kier molecular flexibility index (Phi) is 4.88. The summed E-state index contributed by atoms with van der Waals surface area (Å²) >= 11 is 3.40. The Morgan fingerprint density at radius 3 is 2.46 bits per heavy atom. The summed E-state index contributed by atoms with van der Waals surface area (Å²) in [6, 6.07) is 11.4. The molecule has 7 nitrogen and oxygen atoms in total. The number of hydrogen-bond donors (Lipinski definition) is 1. The van der Waals surface area contributed by atoms with Crippen LogP contribution in [0.1, 0.15) is 38.4 Å². The van der Waals surface area contributed by atoms with Crippen LogP contribution in [0.5, 0.6) is 5.75 Å². The molecule has 2 aliphatic heterocycles. The Labute approximate surface area is 172 Å². The standard InChI is InChI=1S/C20H19BrN4O3/c1-4-5-15-18(2)27-16(13-8-12(21)6-7-14(13)26-3)19(9-22,10-23)20(15,11-24)17(25)28-18/h6-8,15-16,25H,4-5H2,1-3H3. The van der Waals surface area contributed by atoms with E-state index in [2.05, 4.69) is 22.0 Å². The average Bonchev–Trinajstić information content (AvgIpc) is 2.85. The Morgan fingerprint density at radius 2 is 1.93 bits per heavy atom. The first kappa shape index (κ1) is 20.1. The molecule has 8 heteroatoms. The predicted octanol–water partition coefficient (Wildman–Crippen LogP) is 4.21. The quantitative estimate of drug-likeness (QED) is 0.744. The molecule has 144 valence electrons. The van der Waals surface area contributed by atoms with Crippen molar-refractivity contribution in [1.29, 1.82) is 21.2 Å². The molecule has 2 fully saturated rings. The summed E-state index contributed by atoms with van der Waals surface area (Å²) in [5.41, 5.74) is -3.29. The highest BCUT2D eigenvalue weighted by Crippen LogP contribution is 2.67. The van der Waals surface area contributed by atoms with E-state index in [-0.39, 0.29) is 0 Å². The number of rotatable bonds is 4. The number of halogens is 1. The van der Waals surface area contributed by atoms with Gasteiger partial charge in [0.05, 0.1) is 31.2 Å². The van der Waals surface area contributed by atoms with Gasteiger partial charge in [0.25, 0.3) is 0 Å². The van der Waals surface area contributed by atoms with Crippen molar-refractivity contribution in [1.82, 2.24) is 0 Å². The van der Waals surface area contributed by atoms with Gasteiger partial charge in [-0.05, 0) is 24.6 Å². The summed E-state index contributed by atoms with van der Waals surface area (Å²) in [6.45, 7) is 3.60. The highest BCUT2D eigenvalue weighted by molar-refractivity contribution is 9.10. The van der Waals surface area contributed by atoms with E-state index < -0.39 is 34.5 Å². The van der Waals surface area contributed by atoms with E-state index in [1.807, 2.05) is 19.1 Å². The monoisotopic (exact) mass is 442 g/mol. The van der Waals surface area contributed by atoms with Crippen LogP contribution < -0.4 is 4.74 Å². The fraction of sp³-hybridized carbons (Fsp3) is 0.500. The highest BCUT2D eigenvalue weighted by atomic mass is 79.9. The zero-order valence-electron chi connectivity index (χ0n) is 15.7. The molecule has 3 rings (SSSR count). The van der Waals surface area contributed by atoms with Crippen LogP contribution in [0, 0.1) is 56.2 Å². The van der Waals surface area contributed by atoms with Gasteiger partial charge in [0.15, 0.2) is 5.41 Å². The maximum atomic E-state index is 10.2. The molecule has 0 radical (unpaired) electrons. The molecule has 0 spiro atoms. The van der Waals surface area contributed by atoms with Crippen molar-refractivity contribution in [2.24, 2.45) is 16.7 Å². The Bertz CT molecular complexity index is 946. The van der Waals surface area contributed by atoms with Crippen molar-refractivity contribution in [3.8, 4) is 24.0 Å². The zero-order valence-corrected chi connectivity index (χ0v) is 17.3. The molecule has 2 bridgehead atoms. The van der Waals surface area contributed by atoms with Gasteiger partial charge < -0.3 is 14.2 Å². The summed E-state index contributed by atoms with van der Waals surface area (Å²) in [6.07, 6.45) is 0.0111. The van der Waals surface area contributed by atoms with Gasteiger partial charge in [-0.3, -0.25) is 5.41 Å². The third-order valence-corrected chi connectivity index (χ3v) is 6.26. The fourth-order valence-electron chi connectivity index (χ4n) is 4.50. The highest BCUT2D eigenvalue weighted by Gasteiger charge is 2.79. The van der Waals surface area contributed by atoms with E-state index in [1.54, 1.807) is 25.1 Å². The molecule has 0 amide bonds. The van der Waals surface area contributed by atoms with Crippen LogP contribution in [-0.2, 0) is 9.47 Å². The van der Waals surface area contributed by atoms with Crippen molar-refractivity contribution >= 4 is 21.8 Å². The van der Waals surface area contributed by atoms with Gasteiger partial charge in [0, 0.05) is 17.0 Å². The average molecular weight is 443 g/mol. The van der Waals surface area contributed by atoms with Crippen LogP contribution in [-0.4, -0.2) is 18.8 Å². The SMILES string of the molecule is CCCC1C2(C)OC(=N)C1(C#N)C(C#N)(C#N)C(c1cc(Br)ccc1OC)O2. The lowest BCUT2D eigenvalue weighted by molar-refractivity contribution is -0.274. The van der Waals surface area contributed by atoms with Crippen LogP contribution >= 0.6 is 15.9 Å². The second-order valence-corrected chi connectivity index (χ2v) is 8.04. The zero-order chi connectivity index (χ0) is 20.7. The number of nitriles is 3. The van der Waals surface area contributed by atoms with Crippen molar-refractivity contribution < 1.29 is 14.2 Å². The van der Waals surface area contributed by atoms with Crippen LogP contribution in [0.2, 0.25) is 0 Å². The topological polar surface area (TPSA) is 123 Å². The van der Waals surface area contributed by atoms with E-state index in [0.717, 1.165) is 0 Å². The van der Waals surface area contributed by atoms with Gasteiger partial charge >= 0.3 is 0 Å². The van der Waals surface area contributed by atoms with Crippen LogP contribution in [0.25, 0.3) is 0 Å². The van der Waals surface area contributed by atoms with Gasteiger partial charge in [0.1, 0.15) is 11.9 Å². The first-order valence-corrected chi connectivity index (χ1v) is 9.62. The van der Waals surface area contributed by atoms with Crippen LogP contribution in [0.3, 0.4) is 0 Å². The smallest absolute Gasteiger partial charge is 0.214 e. The molecule has 1 aromatic rings. The first-order chi connectivity index (χ1) is 13.3. The Morgan fingerprint density at radius 1 is 1.25 bits per heavy atom. The normalized spacial score (nSPS) is 32.5. The van der Waals surface area contributed by atoms with E-state index in [1.165, 1.54) is 7.11 Å². The lowest BCUT2D eigenvalue weighted by atomic mass is 9.53. The second kappa shape index (κ2) is 6.78. The molecule has 4 unspecified atom stereocenters. The Hall–Kier alpha value is -2.60. The van der Waals surface area contributed by atoms with Gasteiger partial charge in [0.2, 0.25) is 17.1 Å². The van der Waals surface area contributed by atoms with Crippen LogP contribution in [0.15, 0.2) is 22.7 Å². The molecule has 0 aromatic heterocycles. The molecule has 1 N–H and O–H groups in total. The second-order valence-electron chi connectivity index (χ2n) is 7.12. The van der Waals surface area contributed by atoms with Crippen LogP contribution in [0.4, 0.5) is 0 Å². The lowest BCUT2D eigenvalue weighted by Gasteiger charge is -2.49. The van der Waals surface area contributed by atoms with Gasteiger partial charge in [-0.1, -0.05) is 29.3 Å². The fourth-order valence-corrected chi connectivity index (χ4v) is 4.88. The molecule has 2 heterocycles. The van der Waals surface area contributed by atoms with Crippen molar-refractivity contribution in [2.45, 2.75) is 38.6 Å². The molecular formula is C20H19BrN4O3. The van der Waals surface area contributed by atoms with Crippen molar-refractivity contribution in [2.75, 3.05) is 7.11 Å². The van der Waals surface area contributed by atoms with Gasteiger partial charge in [-0.15, -0.1) is 0 Å². The summed E-state index contributed by atoms with van der Waals surface area (Å²) in [7, 11) is 1.48. The maximum absolute atomic E-state index is 10.2. The van der Waals surface area contributed by atoms with E-state index >= 15 is 0 Å². The largest absolute Gasteiger partial charge is 0.496 e. The number of nitrogens with one attached hydrogen (secondary N) is 1. The number of fused-ring (bicyclic) bond motifs is 2. The van der Waals surface area contributed by atoms with E-state index in [4.69, 9.17) is 19.6 Å². The summed E-state index contributed by atoms with van der Waals surface area (Å²) in [5.74, 6) is -1.91. The number of methoxy groups -OCH3 is 1. The summed E-state index contributed by atoms with van der Waals surface area (Å²) < 4.78 is 18.1. The molecule has 4 atom stereocenters. The van der Waals surface area contributed by atoms with Crippen molar-refractivity contribution in [3.63, 3.8) is 0 Å². The van der Waals surface area contributed by atoms with Gasteiger partial charge in [-0.25, -0.2) is 0 Å². The van der Waals surface area contributed by atoms with E-state index in [9.17, 15) is 15.8 Å². The molecule has 2 aliphatic rings. The molecule has 1 aromatic carbocycles. The Balaban J connectivity index is 2.36. The first-order valence-electron chi connectivity index (χ1n) is 8.83. The number of hydrogen-bond acceptors (Lipinski definition) is 7. The van der Waals surface area contributed by atoms with E-state index in [0.29, 0.717) is 28.6 Å². The number of ether oxygens (including phenoxy) is 3. The molecular weight excluding hydrogens is 424 g/mol. The lowest BCUT2D eigenvalue weighted by Crippen LogP contribution is -2.58. The summed E-state index contributed by atoms with van der Waals surface area (Å²) in [4.78, 5) is 0. The van der Waals surface area contributed by atoms with Crippen molar-refractivity contribution in [3.05, 3.63) is 28.2 Å². The molecule has 0 saturated carbocycles. The summed E-state index contributed by atoms with van der Waals surface area (Å²) in [5, 5.41) is 39.1. The number of benzene rings is 1. The molecule has 2 saturated heterocycles. The minimum Gasteiger partial charge on any atom is -0.496 e. The minimum atomic E-state index is -1.98. The third kappa shape index (κ3) is 2.30. The molecule has 28 heavy (non-hydrogen) atoms. The van der Waals surface area contributed by atoms with Gasteiger partial charge in [-0.2, -0.15) is 15.8 Å². The third-order valence-electron chi connectivity index (χ3n) is 5.77. The number of nitrogens with zero attached hydrogens (tertiary/aromatic N) is 3. The maximum Gasteiger partial charge on any atom is 0.214 e. The molecule has 0 aliphatic carbocycles.